The van der Waals surface area contributed by atoms with Crippen molar-refractivity contribution in [3.8, 4) is 11.5 Å². The third kappa shape index (κ3) is 3.04. The van der Waals surface area contributed by atoms with Crippen LogP contribution in [0.2, 0.25) is 0 Å². The number of benzene rings is 1. The van der Waals surface area contributed by atoms with E-state index in [4.69, 9.17) is 9.47 Å². The van der Waals surface area contributed by atoms with E-state index in [0.29, 0.717) is 30.0 Å². The molecule has 25 heavy (non-hydrogen) atoms. The van der Waals surface area contributed by atoms with Crippen LogP contribution in [-0.2, 0) is 4.79 Å². The van der Waals surface area contributed by atoms with Crippen molar-refractivity contribution >= 4 is 11.9 Å². The minimum atomic E-state index is -0.932. The van der Waals surface area contributed by atoms with E-state index in [2.05, 4.69) is 4.90 Å². The Morgan fingerprint density at radius 1 is 1.08 bits per heavy atom. The number of amides is 1. The summed E-state index contributed by atoms with van der Waals surface area (Å²) in [5.41, 5.74) is 0.440. The van der Waals surface area contributed by atoms with Gasteiger partial charge in [-0.2, -0.15) is 0 Å². The standard InChI is InChI=1S/C18H22N2O5/c21-17(12-3-4-15-16(9-12)25-11-24-15)20-8-5-13(10-14(20)18(22)23)19-6-1-2-7-19/h3-4,9,13-14H,1-2,5-8,10-11H2,(H,22,23)/t13-,14-/m1/s1. The molecule has 7 heteroatoms. The quantitative estimate of drug-likeness (QED) is 0.895. The summed E-state index contributed by atoms with van der Waals surface area (Å²) in [6.07, 6.45) is 3.66. The number of nitrogens with zero attached hydrogens (tertiary/aromatic N) is 2. The number of hydrogen-bond acceptors (Lipinski definition) is 5. The fourth-order valence-corrected chi connectivity index (χ4v) is 4.06. The molecule has 0 unspecified atom stereocenters. The number of likely N-dealkylation sites (tertiary alicyclic amines) is 2. The van der Waals surface area contributed by atoms with Crippen LogP contribution in [-0.4, -0.2) is 65.3 Å². The van der Waals surface area contributed by atoms with E-state index in [0.717, 1.165) is 19.5 Å². The first-order chi connectivity index (χ1) is 12.1. The molecule has 3 heterocycles. The van der Waals surface area contributed by atoms with E-state index in [9.17, 15) is 14.7 Å². The maximum Gasteiger partial charge on any atom is 0.326 e. The van der Waals surface area contributed by atoms with Crippen LogP contribution < -0.4 is 9.47 Å². The molecule has 0 bridgehead atoms. The van der Waals surface area contributed by atoms with Gasteiger partial charge in [0, 0.05) is 18.2 Å². The molecule has 7 nitrogen and oxygen atoms in total. The van der Waals surface area contributed by atoms with Gasteiger partial charge in [0.15, 0.2) is 11.5 Å². The van der Waals surface area contributed by atoms with Crippen LogP contribution in [0, 0.1) is 0 Å². The molecule has 1 amide bonds. The summed E-state index contributed by atoms with van der Waals surface area (Å²) >= 11 is 0. The van der Waals surface area contributed by atoms with Crippen molar-refractivity contribution in [3.05, 3.63) is 23.8 Å². The minimum absolute atomic E-state index is 0.145. The highest BCUT2D eigenvalue weighted by atomic mass is 16.7. The highest BCUT2D eigenvalue weighted by molar-refractivity contribution is 5.97. The number of ether oxygens (including phenoxy) is 2. The van der Waals surface area contributed by atoms with Gasteiger partial charge >= 0.3 is 5.97 Å². The number of fused-ring (bicyclic) bond motifs is 1. The fourth-order valence-electron chi connectivity index (χ4n) is 4.06. The van der Waals surface area contributed by atoms with Gasteiger partial charge in [0.2, 0.25) is 6.79 Å². The van der Waals surface area contributed by atoms with Gasteiger partial charge < -0.3 is 24.4 Å². The van der Waals surface area contributed by atoms with E-state index in [-0.39, 0.29) is 18.7 Å². The van der Waals surface area contributed by atoms with E-state index < -0.39 is 12.0 Å². The number of aliphatic carboxylic acids is 1. The molecule has 0 radical (unpaired) electrons. The monoisotopic (exact) mass is 346 g/mol. The number of carboxylic acids is 1. The Bertz CT molecular complexity index is 686. The molecule has 134 valence electrons. The molecule has 1 aromatic carbocycles. The zero-order valence-corrected chi connectivity index (χ0v) is 14.0. The first-order valence-electron chi connectivity index (χ1n) is 8.81. The molecule has 0 saturated carbocycles. The number of carbonyl (C=O) groups excluding carboxylic acids is 1. The van der Waals surface area contributed by atoms with Crippen molar-refractivity contribution in [2.24, 2.45) is 0 Å². The molecule has 3 aliphatic heterocycles. The van der Waals surface area contributed by atoms with Gasteiger partial charge in [-0.3, -0.25) is 4.79 Å². The summed E-state index contributed by atoms with van der Waals surface area (Å²) in [6, 6.07) is 4.47. The first-order valence-corrected chi connectivity index (χ1v) is 8.81. The number of carbonyl (C=O) groups is 2. The zero-order chi connectivity index (χ0) is 17.4. The lowest BCUT2D eigenvalue weighted by Gasteiger charge is -2.40. The minimum Gasteiger partial charge on any atom is -0.480 e. The Balaban J connectivity index is 1.52. The molecule has 2 atom stereocenters. The van der Waals surface area contributed by atoms with E-state index in [1.807, 2.05) is 0 Å². The van der Waals surface area contributed by atoms with Crippen molar-refractivity contribution in [3.63, 3.8) is 0 Å². The molecular formula is C18H22N2O5. The van der Waals surface area contributed by atoms with E-state index >= 15 is 0 Å². The third-order valence-electron chi connectivity index (χ3n) is 5.40. The predicted molar refractivity (Wildman–Crippen MR) is 88.9 cm³/mol. The number of carboxylic acid groups (broad SMARTS) is 1. The Morgan fingerprint density at radius 2 is 1.84 bits per heavy atom. The number of piperidine rings is 1. The van der Waals surface area contributed by atoms with Gasteiger partial charge in [-0.1, -0.05) is 0 Å². The fraction of sp³-hybridized carbons (Fsp3) is 0.556. The normalized spacial score (nSPS) is 26.0. The molecule has 0 aromatic heterocycles. The molecule has 0 spiro atoms. The van der Waals surface area contributed by atoms with Crippen molar-refractivity contribution in [1.29, 1.82) is 0 Å². The molecule has 1 N–H and O–H groups in total. The Kier molecular flexibility index (Phi) is 4.25. The summed E-state index contributed by atoms with van der Waals surface area (Å²) in [6.45, 7) is 2.68. The van der Waals surface area contributed by atoms with Crippen molar-refractivity contribution < 1.29 is 24.2 Å². The molecule has 3 aliphatic rings. The molecule has 2 saturated heterocycles. The van der Waals surface area contributed by atoms with Crippen LogP contribution in [0.5, 0.6) is 11.5 Å². The van der Waals surface area contributed by atoms with Gasteiger partial charge in [0.25, 0.3) is 5.91 Å². The summed E-state index contributed by atoms with van der Waals surface area (Å²) in [7, 11) is 0. The van der Waals surface area contributed by atoms with Crippen LogP contribution in [0.3, 0.4) is 0 Å². The van der Waals surface area contributed by atoms with E-state index in [1.54, 1.807) is 18.2 Å². The van der Waals surface area contributed by atoms with Crippen molar-refractivity contribution in [1.82, 2.24) is 9.80 Å². The smallest absolute Gasteiger partial charge is 0.326 e. The molecule has 2 fully saturated rings. The lowest BCUT2D eigenvalue weighted by Crippen LogP contribution is -2.54. The lowest BCUT2D eigenvalue weighted by atomic mass is 9.95. The highest BCUT2D eigenvalue weighted by Crippen LogP contribution is 2.34. The van der Waals surface area contributed by atoms with E-state index in [1.165, 1.54) is 17.7 Å². The second kappa shape index (κ2) is 6.55. The Hall–Kier alpha value is -2.28. The maximum absolute atomic E-state index is 12.9. The first kappa shape index (κ1) is 16.2. The molecule has 0 aliphatic carbocycles. The van der Waals surface area contributed by atoms with Gasteiger partial charge in [-0.05, 0) is 57.0 Å². The number of hydrogen-bond donors (Lipinski definition) is 1. The topological polar surface area (TPSA) is 79.3 Å². The SMILES string of the molecule is O=C(O)[C@H]1C[C@H](N2CCCC2)CCN1C(=O)c1ccc2c(c1)OCO2. The van der Waals surface area contributed by atoms with Gasteiger partial charge in [0.05, 0.1) is 0 Å². The third-order valence-corrected chi connectivity index (χ3v) is 5.40. The Labute approximate surface area is 146 Å². The maximum atomic E-state index is 12.9. The van der Waals surface area contributed by atoms with Crippen molar-refractivity contribution in [2.75, 3.05) is 26.4 Å². The van der Waals surface area contributed by atoms with Crippen LogP contribution in [0.1, 0.15) is 36.0 Å². The average Bonchev–Trinajstić information content (AvgIpc) is 3.31. The predicted octanol–water partition coefficient (Wildman–Crippen LogP) is 1.57. The molecule has 4 rings (SSSR count). The highest BCUT2D eigenvalue weighted by Gasteiger charge is 2.39. The summed E-state index contributed by atoms with van der Waals surface area (Å²) in [4.78, 5) is 28.6. The van der Waals surface area contributed by atoms with Crippen LogP contribution in [0.15, 0.2) is 18.2 Å². The summed E-state index contributed by atoms with van der Waals surface area (Å²) in [5.74, 6) is -0.0488. The second-order valence-electron chi connectivity index (χ2n) is 6.84. The molecular weight excluding hydrogens is 324 g/mol. The largest absolute Gasteiger partial charge is 0.480 e. The summed E-state index contributed by atoms with van der Waals surface area (Å²) in [5, 5.41) is 9.66. The molecule has 1 aromatic rings. The zero-order valence-electron chi connectivity index (χ0n) is 14.0. The Morgan fingerprint density at radius 3 is 2.60 bits per heavy atom. The average molecular weight is 346 g/mol. The summed E-state index contributed by atoms with van der Waals surface area (Å²) < 4.78 is 10.6. The van der Waals surface area contributed by atoms with Gasteiger partial charge in [-0.25, -0.2) is 4.79 Å². The van der Waals surface area contributed by atoms with Gasteiger partial charge in [0.1, 0.15) is 6.04 Å². The van der Waals surface area contributed by atoms with Crippen LogP contribution >= 0.6 is 0 Å². The second-order valence-corrected chi connectivity index (χ2v) is 6.84. The van der Waals surface area contributed by atoms with Crippen molar-refractivity contribution in [2.45, 2.75) is 37.8 Å². The number of rotatable bonds is 3. The van der Waals surface area contributed by atoms with Crippen LogP contribution in [0.4, 0.5) is 0 Å². The van der Waals surface area contributed by atoms with Crippen LogP contribution in [0.25, 0.3) is 0 Å². The lowest BCUT2D eigenvalue weighted by molar-refractivity contribution is -0.144. The van der Waals surface area contributed by atoms with Gasteiger partial charge in [-0.15, -0.1) is 0 Å².